The quantitative estimate of drug-likeness (QED) is 0.0372. The van der Waals surface area contributed by atoms with Gasteiger partial charge in [0.05, 0.1) is 72.4 Å². The third kappa shape index (κ3) is 47.5. The van der Waals surface area contributed by atoms with E-state index in [0.29, 0.717) is 25.2 Å². The Balaban J connectivity index is 3.80. The van der Waals surface area contributed by atoms with Crippen molar-refractivity contribution in [2.24, 2.45) is 10.8 Å². The van der Waals surface area contributed by atoms with E-state index in [0.717, 1.165) is 32.1 Å². The van der Waals surface area contributed by atoms with Crippen molar-refractivity contribution in [2.75, 3.05) is 105 Å². The predicted molar refractivity (Wildman–Crippen MR) is 300 cm³/mol. The Bertz CT molecular complexity index is 1880. The van der Waals surface area contributed by atoms with Crippen molar-refractivity contribution in [1.29, 1.82) is 0 Å². The third-order valence-corrected chi connectivity index (χ3v) is 11.9. The second-order valence-corrected chi connectivity index (χ2v) is 21.8. The minimum Gasteiger partial charge on any atom is -0.480 e. The summed E-state index contributed by atoms with van der Waals surface area (Å²) in [6.45, 7) is 9.75. The molecule has 0 bridgehead atoms. The first-order valence-electron chi connectivity index (χ1n) is 28.6. The number of hydrogen-bond donors (Lipinski definition) is 11. The van der Waals surface area contributed by atoms with Gasteiger partial charge in [-0.15, -0.1) is 0 Å². The van der Waals surface area contributed by atoms with E-state index in [2.05, 4.69) is 47.9 Å². The van der Waals surface area contributed by atoms with E-state index in [-0.39, 0.29) is 114 Å². The number of ketones is 1. The summed E-state index contributed by atoms with van der Waals surface area (Å²) in [6, 6.07) is -2.38. The van der Waals surface area contributed by atoms with Crippen LogP contribution in [0.2, 0.25) is 0 Å². The number of carbonyl (C=O) groups excluding carboxylic acids is 10. The molecule has 0 heterocycles. The lowest BCUT2D eigenvalue weighted by atomic mass is 9.88. The molecule has 0 aromatic carbocycles. The molecule has 81 heavy (non-hydrogen) atoms. The molecule has 0 aromatic heterocycles. The largest absolute Gasteiger partial charge is 0.480 e. The number of carboxylic acids is 1. The lowest BCUT2D eigenvalue weighted by molar-refractivity contribution is -0.142. The van der Waals surface area contributed by atoms with Crippen LogP contribution in [-0.2, 0) is 71.7 Å². The van der Waals surface area contributed by atoms with Crippen LogP contribution in [0.15, 0.2) is 0 Å². The lowest BCUT2D eigenvalue weighted by Crippen LogP contribution is -2.52. The maximum absolute atomic E-state index is 12.4. The molecule has 0 fully saturated rings. The SMILES string of the molecule is CC(C)(C)CNC(=O)[C@H](CO)NC(=O)CNC(=O)CNC(=O)CNC(=O)CNC(=O)COCCOCCNC(=O)COCCOCCNC(=O)CC[C@H](NC(=O)CCCCCCCCCCCCCCCCC(=O)C(C)(C)C)C(=O)O. The molecule has 0 saturated carbocycles. The minimum atomic E-state index is -1.21. The van der Waals surface area contributed by atoms with Gasteiger partial charge in [-0.2, -0.15) is 0 Å². The van der Waals surface area contributed by atoms with Crippen molar-refractivity contribution in [2.45, 2.75) is 169 Å². The molecular weight excluding hydrogens is 1060 g/mol. The zero-order valence-corrected chi connectivity index (χ0v) is 49.2. The fraction of sp³-hybridized carbons (Fsp3) is 0.800. The predicted octanol–water partition coefficient (Wildman–Crippen LogP) is 0.596. The number of rotatable bonds is 50. The zero-order chi connectivity index (χ0) is 60.7. The van der Waals surface area contributed by atoms with E-state index < -0.39 is 86.3 Å². The van der Waals surface area contributed by atoms with Crippen LogP contribution < -0.4 is 47.9 Å². The molecule has 0 aliphatic heterocycles. The Morgan fingerprint density at radius 2 is 0.778 bits per heavy atom. The molecule has 0 aromatic rings. The summed E-state index contributed by atoms with van der Waals surface area (Å²) in [5.74, 6) is -6.05. The van der Waals surface area contributed by atoms with E-state index in [4.69, 9.17) is 18.9 Å². The standard InChI is InChI=1S/C55H99N9O17/c1-54(2,3)40-62-52(75)42(37-65)64-49(72)36-60-47(70)34-58-46(69)33-59-48(71)35-61-51(74)39-81-32-30-79-28-26-57-50(73)38-80-31-29-78-27-25-56-44(67)24-23-41(53(76)77)63-45(68)22-20-18-16-14-12-10-8-7-9-11-13-15-17-19-21-43(66)55(4,5)6/h41-42,65H,7-40H2,1-6H3,(H,56,67)(H,57,73)(H,58,69)(H,59,71)(H,60,70)(H,61,74)(H,62,75)(H,63,68)(H,64,72)(H,76,77)/t41-,42-/m0/s1. The second kappa shape index (κ2) is 46.7. The van der Waals surface area contributed by atoms with Crippen LogP contribution in [0.4, 0.5) is 0 Å². The highest BCUT2D eigenvalue weighted by Crippen LogP contribution is 2.20. The summed E-state index contributed by atoms with van der Waals surface area (Å²) >= 11 is 0. The molecule has 2 atom stereocenters. The summed E-state index contributed by atoms with van der Waals surface area (Å²) in [5, 5.41) is 40.8. The molecule has 466 valence electrons. The number of hydrogen-bond acceptors (Lipinski definition) is 16. The molecule has 0 spiro atoms. The van der Waals surface area contributed by atoms with Gasteiger partial charge >= 0.3 is 5.97 Å². The van der Waals surface area contributed by atoms with Crippen LogP contribution in [0.3, 0.4) is 0 Å². The first-order chi connectivity index (χ1) is 38.4. The Hall–Kier alpha value is -5.83. The molecule has 9 amide bonds. The Morgan fingerprint density at radius 3 is 1.21 bits per heavy atom. The van der Waals surface area contributed by atoms with Gasteiger partial charge in [0.2, 0.25) is 53.2 Å². The van der Waals surface area contributed by atoms with Gasteiger partial charge in [-0.25, -0.2) is 4.79 Å². The van der Waals surface area contributed by atoms with E-state index in [1.54, 1.807) is 0 Å². The highest BCUT2D eigenvalue weighted by Gasteiger charge is 2.24. The molecule has 0 unspecified atom stereocenters. The summed E-state index contributed by atoms with van der Waals surface area (Å²) in [6.07, 6.45) is 16.4. The number of carbonyl (C=O) groups is 11. The van der Waals surface area contributed by atoms with E-state index >= 15 is 0 Å². The van der Waals surface area contributed by atoms with Crippen LogP contribution in [0, 0.1) is 10.8 Å². The second-order valence-electron chi connectivity index (χ2n) is 21.8. The number of ether oxygens (including phenoxy) is 4. The normalized spacial score (nSPS) is 12.0. The van der Waals surface area contributed by atoms with Crippen molar-refractivity contribution in [1.82, 2.24) is 47.9 Å². The van der Waals surface area contributed by atoms with Gasteiger partial charge in [0.25, 0.3) is 0 Å². The Kier molecular flexibility index (Phi) is 43.4. The minimum absolute atomic E-state index is 0.0388. The van der Waals surface area contributed by atoms with E-state index in [1.807, 2.05) is 41.5 Å². The smallest absolute Gasteiger partial charge is 0.326 e. The van der Waals surface area contributed by atoms with E-state index in [9.17, 15) is 63.0 Å². The number of aliphatic hydroxyl groups excluding tert-OH is 1. The van der Waals surface area contributed by atoms with Crippen molar-refractivity contribution in [3.63, 3.8) is 0 Å². The van der Waals surface area contributed by atoms with Gasteiger partial charge in [0, 0.05) is 44.3 Å². The fourth-order valence-corrected chi connectivity index (χ4v) is 7.17. The maximum atomic E-state index is 12.4. The molecule has 0 aliphatic rings. The van der Waals surface area contributed by atoms with Gasteiger partial charge in [-0.1, -0.05) is 119 Å². The van der Waals surface area contributed by atoms with Crippen LogP contribution in [0.25, 0.3) is 0 Å². The number of nitrogens with one attached hydrogen (secondary N) is 9. The van der Waals surface area contributed by atoms with Crippen molar-refractivity contribution >= 4 is 64.9 Å². The highest BCUT2D eigenvalue weighted by molar-refractivity contribution is 5.92. The maximum Gasteiger partial charge on any atom is 0.326 e. The molecule has 0 rings (SSSR count). The highest BCUT2D eigenvalue weighted by atomic mass is 16.5. The molecule has 0 radical (unpaired) electrons. The molecule has 11 N–H and O–H groups in total. The van der Waals surface area contributed by atoms with Crippen molar-refractivity contribution in [3.8, 4) is 0 Å². The average molecular weight is 1160 g/mol. The Labute approximate surface area is 478 Å². The van der Waals surface area contributed by atoms with Crippen LogP contribution >= 0.6 is 0 Å². The molecule has 26 nitrogen and oxygen atoms in total. The van der Waals surface area contributed by atoms with Crippen molar-refractivity contribution in [3.05, 3.63) is 0 Å². The topological polar surface area (TPSA) is 373 Å². The zero-order valence-electron chi connectivity index (χ0n) is 49.2. The average Bonchev–Trinajstić information content (AvgIpc) is 3.41. The van der Waals surface area contributed by atoms with E-state index in [1.165, 1.54) is 51.4 Å². The first kappa shape index (κ1) is 75.2. The van der Waals surface area contributed by atoms with Gasteiger partial charge in [0.15, 0.2) is 0 Å². The number of Topliss-reactive ketones (excluding diaryl/α,β-unsaturated/α-hetero) is 1. The van der Waals surface area contributed by atoms with Crippen LogP contribution in [0.5, 0.6) is 0 Å². The van der Waals surface area contributed by atoms with Gasteiger partial charge in [0.1, 0.15) is 31.1 Å². The molecule has 0 aliphatic carbocycles. The number of amides is 9. The number of carboxylic acid groups (broad SMARTS) is 1. The van der Waals surface area contributed by atoms with Gasteiger partial charge < -0.3 is 77.0 Å². The summed E-state index contributed by atoms with van der Waals surface area (Å²) < 4.78 is 21.2. The monoisotopic (exact) mass is 1160 g/mol. The summed E-state index contributed by atoms with van der Waals surface area (Å²) in [7, 11) is 0. The summed E-state index contributed by atoms with van der Waals surface area (Å²) in [5.41, 5.74) is -0.450. The van der Waals surface area contributed by atoms with Crippen LogP contribution in [-0.4, -0.2) is 192 Å². The number of aliphatic hydroxyl groups is 1. The molecule has 0 saturated heterocycles. The number of unbranched alkanes of at least 4 members (excludes halogenated alkanes) is 13. The molecular formula is C55H99N9O17. The number of aliphatic carboxylic acids is 1. The lowest BCUT2D eigenvalue weighted by Gasteiger charge is -2.22. The van der Waals surface area contributed by atoms with Crippen molar-refractivity contribution < 1.29 is 81.9 Å². The van der Waals surface area contributed by atoms with Gasteiger partial charge in [-0.3, -0.25) is 47.9 Å². The molecule has 26 heteroatoms. The Morgan fingerprint density at radius 1 is 0.395 bits per heavy atom. The fourth-order valence-electron chi connectivity index (χ4n) is 7.17. The summed E-state index contributed by atoms with van der Waals surface area (Å²) in [4.78, 5) is 133. The van der Waals surface area contributed by atoms with Gasteiger partial charge in [-0.05, 0) is 24.7 Å². The first-order valence-corrected chi connectivity index (χ1v) is 28.6. The van der Waals surface area contributed by atoms with Crippen LogP contribution in [0.1, 0.15) is 157 Å². The third-order valence-electron chi connectivity index (χ3n) is 11.9.